The third-order valence-corrected chi connectivity index (χ3v) is 4.38. The number of halogens is 1. The van der Waals surface area contributed by atoms with Gasteiger partial charge in [0.05, 0.1) is 11.6 Å². The van der Waals surface area contributed by atoms with Crippen LogP contribution in [0.3, 0.4) is 0 Å². The number of hydrogen-bond acceptors (Lipinski definition) is 3. The Morgan fingerprint density at radius 2 is 1.79 bits per heavy atom. The van der Waals surface area contributed by atoms with Crippen LogP contribution in [0.1, 0.15) is 18.1 Å². The van der Waals surface area contributed by atoms with Gasteiger partial charge in [0, 0.05) is 13.6 Å². The highest BCUT2D eigenvalue weighted by atomic mass is 79.9. The molecule has 0 unspecified atom stereocenters. The van der Waals surface area contributed by atoms with E-state index in [1.54, 1.807) is 19.1 Å². The Kier molecular flexibility index (Phi) is 6.67. The molecule has 0 aliphatic carbocycles. The van der Waals surface area contributed by atoms with Crippen LogP contribution in [0, 0.1) is 0 Å². The van der Waals surface area contributed by atoms with Gasteiger partial charge in [0.15, 0.2) is 6.61 Å². The predicted octanol–water partition coefficient (Wildman–Crippen LogP) is 4.06. The molecular formula is C19H22BrNO3. The van der Waals surface area contributed by atoms with E-state index >= 15 is 0 Å². The van der Waals surface area contributed by atoms with Gasteiger partial charge < -0.3 is 14.4 Å². The van der Waals surface area contributed by atoms with Crippen LogP contribution < -0.4 is 9.47 Å². The zero-order valence-corrected chi connectivity index (χ0v) is 15.8. The minimum absolute atomic E-state index is 0.0106. The van der Waals surface area contributed by atoms with Gasteiger partial charge in [-0.15, -0.1) is 0 Å². The Hall–Kier alpha value is -2.01. The molecule has 0 heterocycles. The van der Waals surface area contributed by atoms with Gasteiger partial charge in [-0.25, -0.2) is 0 Å². The summed E-state index contributed by atoms with van der Waals surface area (Å²) in [5.74, 6) is 1.41. The van der Waals surface area contributed by atoms with Crippen molar-refractivity contribution in [3.63, 3.8) is 0 Å². The molecule has 2 rings (SSSR count). The SMILES string of the molecule is CCc1ccc(OCC(=O)N(C)Cc2ccc(OC)cc2)c(Br)c1. The topological polar surface area (TPSA) is 38.8 Å². The minimum Gasteiger partial charge on any atom is -0.497 e. The van der Waals surface area contributed by atoms with E-state index in [4.69, 9.17) is 9.47 Å². The predicted molar refractivity (Wildman–Crippen MR) is 98.5 cm³/mol. The summed E-state index contributed by atoms with van der Waals surface area (Å²) in [5.41, 5.74) is 2.26. The first-order valence-corrected chi connectivity index (χ1v) is 8.61. The number of benzene rings is 2. The normalized spacial score (nSPS) is 10.3. The van der Waals surface area contributed by atoms with E-state index in [0.29, 0.717) is 12.3 Å². The largest absolute Gasteiger partial charge is 0.497 e. The Morgan fingerprint density at radius 3 is 2.38 bits per heavy atom. The lowest BCUT2D eigenvalue weighted by Gasteiger charge is -2.18. The van der Waals surface area contributed by atoms with E-state index in [2.05, 4.69) is 22.9 Å². The van der Waals surface area contributed by atoms with E-state index in [-0.39, 0.29) is 12.5 Å². The lowest BCUT2D eigenvalue weighted by atomic mass is 10.2. The van der Waals surface area contributed by atoms with Crippen LogP contribution >= 0.6 is 15.9 Å². The summed E-state index contributed by atoms with van der Waals surface area (Å²) >= 11 is 3.48. The van der Waals surface area contributed by atoms with Crippen LogP contribution in [0.15, 0.2) is 46.9 Å². The Bertz CT molecular complexity index is 686. The number of carbonyl (C=O) groups is 1. The van der Waals surface area contributed by atoms with Crippen molar-refractivity contribution in [1.29, 1.82) is 0 Å². The second kappa shape index (κ2) is 8.73. The molecule has 0 radical (unpaired) electrons. The highest BCUT2D eigenvalue weighted by molar-refractivity contribution is 9.10. The first kappa shape index (κ1) is 18.3. The third kappa shape index (κ3) is 4.99. The van der Waals surface area contributed by atoms with E-state index in [1.807, 2.05) is 42.5 Å². The molecule has 5 heteroatoms. The van der Waals surface area contributed by atoms with Crippen LogP contribution in [-0.4, -0.2) is 31.6 Å². The van der Waals surface area contributed by atoms with E-state index in [9.17, 15) is 4.79 Å². The Labute approximate surface area is 151 Å². The van der Waals surface area contributed by atoms with Crippen molar-refractivity contribution >= 4 is 21.8 Å². The molecule has 24 heavy (non-hydrogen) atoms. The van der Waals surface area contributed by atoms with Crippen LogP contribution in [0.2, 0.25) is 0 Å². The molecule has 1 amide bonds. The second-order valence-corrected chi connectivity index (χ2v) is 6.36. The smallest absolute Gasteiger partial charge is 0.260 e. The molecular weight excluding hydrogens is 370 g/mol. The number of carbonyl (C=O) groups excluding carboxylic acids is 1. The molecule has 0 spiro atoms. The number of methoxy groups -OCH3 is 1. The lowest BCUT2D eigenvalue weighted by Crippen LogP contribution is -2.31. The fourth-order valence-electron chi connectivity index (χ4n) is 2.22. The standard InChI is InChI=1S/C19H22BrNO3/c1-4-14-7-10-18(17(20)11-14)24-13-19(22)21(2)12-15-5-8-16(23-3)9-6-15/h5-11H,4,12-13H2,1-3H3. The van der Waals surface area contributed by atoms with Gasteiger partial charge in [-0.05, 0) is 57.7 Å². The number of hydrogen-bond donors (Lipinski definition) is 0. The Balaban J connectivity index is 1.89. The molecule has 0 N–H and O–H groups in total. The quantitative estimate of drug-likeness (QED) is 0.714. The molecule has 0 saturated carbocycles. The third-order valence-electron chi connectivity index (χ3n) is 3.76. The molecule has 0 aliphatic heterocycles. The summed E-state index contributed by atoms with van der Waals surface area (Å²) in [7, 11) is 3.40. The number of aryl methyl sites for hydroxylation is 1. The number of likely N-dealkylation sites (N-methyl/N-ethyl adjacent to an activating group) is 1. The zero-order chi connectivity index (χ0) is 17.5. The summed E-state index contributed by atoms with van der Waals surface area (Å²) in [6.07, 6.45) is 0.961. The minimum atomic E-state index is -0.0720. The van der Waals surface area contributed by atoms with E-state index in [1.165, 1.54) is 5.56 Å². The monoisotopic (exact) mass is 391 g/mol. The molecule has 0 saturated heterocycles. The zero-order valence-electron chi connectivity index (χ0n) is 14.2. The molecule has 0 bridgehead atoms. The van der Waals surface area contributed by atoms with Gasteiger partial charge in [-0.2, -0.15) is 0 Å². The Morgan fingerprint density at radius 1 is 1.12 bits per heavy atom. The molecule has 4 nitrogen and oxygen atoms in total. The van der Waals surface area contributed by atoms with Gasteiger partial charge in [0.2, 0.25) is 0 Å². The van der Waals surface area contributed by atoms with Gasteiger partial charge >= 0.3 is 0 Å². The molecule has 0 fully saturated rings. The highest BCUT2D eigenvalue weighted by Crippen LogP contribution is 2.26. The molecule has 2 aromatic rings. The lowest BCUT2D eigenvalue weighted by molar-refractivity contribution is -0.132. The summed E-state index contributed by atoms with van der Waals surface area (Å²) in [6, 6.07) is 13.6. The first-order chi connectivity index (χ1) is 11.5. The van der Waals surface area contributed by atoms with Crippen molar-refractivity contribution in [2.45, 2.75) is 19.9 Å². The molecule has 0 aromatic heterocycles. The maximum atomic E-state index is 12.2. The van der Waals surface area contributed by atoms with Crippen molar-refractivity contribution in [3.8, 4) is 11.5 Å². The van der Waals surface area contributed by atoms with Gasteiger partial charge in [0.25, 0.3) is 5.91 Å². The molecule has 128 valence electrons. The summed E-state index contributed by atoms with van der Waals surface area (Å²) in [5, 5.41) is 0. The van der Waals surface area contributed by atoms with Gasteiger partial charge in [0.1, 0.15) is 11.5 Å². The summed E-state index contributed by atoms with van der Waals surface area (Å²) < 4.78 is 11.6. The van der Waals surface area contributed by atoms with Crippen LogP contribution in [0.4, 0.5) is 0 Å². The maximum Gasteiger partial charge on any atom is 0.260 e. The summed E-state index contributed by atoms with van der Waals surface area (Å²) in [6.45, 7) is 2.64. The van der Waals surface area contributed by atoms with Crippen molar-refractivity contribution in [2.24, 2.45) is 0 Å². The average Bonchev–Trinajstić information content (AvgIpc) is 2.60. The van der Waals surface area contributed by atoms with Crippen molar-refractivity contribution in [3.05, 3.63) is 58.1 Å². The molecule has 0 atom stereocenters. The number of ether oxygens (including phenoxy) is 2. The van der Waals surface area contributed by atoms with Crippen LogP contribution in [0.5, 0.6) is 11.5 Å². The van der Waals surface area contributed by atoms with Crippen LogP contribution in [-0.2, 0) is 17.8 Å². The molecule has 0 aliphatic rings. The molecule has 2 aromatic carbocycles. The van der Waals surface area contributed by atoms with Crippen molar-refractivity contribution in [1.82, 2.24) is 4.90 Å². The number of nitrogens with zero attached hydrogens (tertiary/aromatic N) is 1. The van der Waals surface area contributed by atoms with Gasteiger partial charge in [-0.3, -0.25) is 4.79 Å². The number of rotatable bonds is 7. The van der Waals surface area contributed by atoms with Crippen molar-refractivity contribution < 1.29 is 14.3 Å². The highest BCUT2D eigenvalue weighted by Gasteiger charge is 2.11. The van der Waals surface area contributed by atoms with Crippen LogP contribution in [0.25, 0.3) is 0 Å². The van der Waals surface area contributed by atoms with E-state index in [0.717, 1.165) is 22.2 Å². The van der Waals surface area contributed by atoms with E-state index < -0.39 is 0 Å². The average molecular weight is 392 g/mol. The maximum absolute atomic E-state index is 12.2. The van der Waals surface area contributed by atoms with Crippen molar-refractivity contribution in [2.75, 3.05) is 20.8 Å². The number of amides is 1. The van der Waals surface area contributed by atoms with Gasteiger partial charge in [-0.1, -0.05) is 25.1 Å². The first-order valence-electron chi connectivity index (χ1n) is 7.81. The fourth-order valence-corrected chi connectivity index (χ4v) is 2.76. The summed E-state index contributed by atoms with van der Waals surface area (Å²) in [4.78, 5) is 13.9. The fraction of sp³-hybridized carbons (Fsp3) is 0.316. The second-order valence-electron chi connectivity index (χ2n) is 5.50.